The van der Waals surface area contributed by atoms with E-state index in [0.29, 0.717) is 22.2 Å². The molecule has 0 aliphatic carbocycles. The lowest BCUT2D eigenvalue weighted by atomic mass is 10.3. The first-order valence-corrected chi connectivity index (χ1v) is 6.92. The van der Waals surface area contributed by atoms with Gasteiger partial charge in [0, 0.05) is 12.4 Å². The maximum Gasteiger partial charge on any atom is 0.339 e. The van der Waals surface area contributed by atoms with Crippen molar-refractivity contribution in [2.24, 2.45) is 0 Å². The van der Waals surface area contributed by atoms with Crippen molar-refractivity contribution in [1.29, 1.82) is 0 Å². The molecule has 0 fully saturated rings. The molecule has 0 aliphatic heterocycles. The Morgan fingerprint density at radius 3 is 2.71 bits per heavy atom. The van der Waals surface area contributed by atoms with Crippen molar-refractivity contribution >= 4 is 23.7 Å². The SMILES string of the molecule is CCOC(=O)c1ccc(Sc2ncccc2C(=O)O)nc1. The van der Waals surface area contributed by atoms with Gasteiger partial charge >= 0.3 is 11.9 Å². The van der Waals surface area contributed by atoms with E-state index in [2.05, 4.69) is 9.97 Å². The molecular weight excluding hydrogens is 292 g/mol. The van der Waals surface area contributed by atoms with E-state index < -0.39 is 11.9 Å². The normalized spacial score (nSPS) is 10.1. The van der Waals surface area contributed by atoms with E-state index in [-0.39, 0.29) is 5.56 Å². The van der Waals surface area contributed by atoms with E-state index in [4.69, 9.17) is 9.84 Å². The van der Waals surface area contributed by atoms with Gasteiger partial charge in [-0.25, -0.2) is 19.6 Å². The Balaban J connectivity index is 2.18. The third-order valence-corrected chi connectivity index (χ3v) is 3.42. The number of carbonyl (C=O) groups excluding carboxylic acids is 1. The van der Waals surface area contributed by atoms with E-state index in [1.165, 1.54) is 18.5 Å². The summed E-state index contributed by atoms with van der Waals surface area (Å²) in [7, 11) is 0. The summed E-state index contributed by atoms with van der Waals surface area (Å²) >= 11 is 1.12. The molecule has 0 aromatic carbocycles. The van der Waals surface area contributed by atoms with Crippen LogP contribution >= 0.6 is 11.8 Å². The first-order valence-electron chi connectivity index (χ1n) is 6.11. The van der Waals surface area contributed by atoms with Crippen LogP contribution in [0.4, 0.5) is 0 Å². The largest absolute Gasteiger partial charge is 0.478 e. The third kappa shape index (κ3) is 3.79. The van der Waals surface area contributed by atoms with Crippen molar-refractivity contribution in [3.63, 3.8) is 0 Å². The fourth-order valence-electron chi connectivity index (χ4n) is 1.51. The quantitative estimate of drug-likeness (QED) is 0.849. The van der Waals surface area contributed by atoms with E-state index in [0.717, 1.165) is 11.8 Å². The lowest BCUT2D eigenvalue weighted by molar-refractivity contribution is 0.0525. The van der Waals surface area contributed by atoms with Crippen molar-refractivity contribution in [2.45, 2.75) is 17.0 Å². The molecule has 2 rings (SSSR count). The molecule has 108 valence electrons. The van der Waals surface area contributed by atoms with E-state index >= 15 is 0 Å². The minimum Gasteiger partial charge on any atom is -0.478 e. The number of aromatic nitrogens is 2. The molecule has 0 bridgehead atoms. The lowest BCUT2D eigenvalue weighted by Gasteiger charge is -2.05. The standard InChI is InChI=1S/C14H12N2O4S/c1-2-20-14(19)9-5-6-11(16-8-9)21-12-10(13(17)18)4-3-7-15-12/h3-8H,2H2,1H3,(H,17,18). The predicted octanol–water partition coefficient (Wildman–Crippen LogP) is 2.50. The molecule has 0 radical (unpaired) electrons. The lowest BCUT2D eigenvalue weighted by Crippen LogP contribution is -2.05. The smallest absolute Gasteiger partial charge is 0.339 e. The minimum absolute atomic E-state index is 0.110. The second-order valence-corrected chi connectivity index (χ2v) is 4.88. The van der Waals surface area contributed by atoms with Crippen LogP contribution < -0.4 is 0 Å². The number of hydrogen-bond donors (Lipinski definition) is 1. The number of carbonyl (C=O) groups is 2. The van der Waals surface area contributed by atoms with Crippen LogP contribution in [0, 0.1) is 0 Å². The zero-order chi connectivity index (χ0) is 15.2. The molecule has 0 saturated carbocycles. The van der Waals surface area contributed by atoms with Crippen molar-refractivity contribution in [1.82, 2.24) is 9.97 Å². The van der Waals surface area contributed by atoms with Gasteiger partial charge in [-0.1, -0.05) is 0 Å². The van der Waals surface area contributed by atoms with Crippen LogP contribution in [-0.2, 0) is 4.74 Å². The zero-order valence-electron chi connectivity index (χ0n) is 11.1. The van der Waals surface area contributed by atoms with Crippen LogP contribution in [0.25, 0.3) is 0 Å². The number of esters is 1. The number of pyridine rings is 2. The summed E-state index contributed by atoms with van der Waals surface area (Å²) in [5.41, 5.74) is 0.458. The van der Waals surface area contributed by atoms with E-state index in [1.807, 2.05) is 0 Å². The first kappa shape index (κ1) is 15.0. The van der Waals surface area contributed by atoms with Crippen molar-refractivity contribution < 1.29 is 19.4 Å². The molecule has 0 unspecified atom stereocenters. The number of carboxylic acids is 1. The maximum absolute atomic E-state index is 11.5. The molecule has 0 aliphatic rings. The molecule has 0 saturated heterocycles. The number of rotatable bonds is 5. The number of ether oxygens (including phenoxy) is 1. The fraction of sp³-hybridized carbons (Fsp3) is 0.143. The highest BCUT2D eigenvalue weighted by atomic mass is 32.2. The van der Waals surface area contributed by atoms with Crippen LogP contribution in [0.15, 0.2) is 46.7 Å². The van der Waals surface area contributed by atoms with Gasteiger partial charge in [-0.05, 0) is 43.0 Å². The van der Waals surface area contributed by atoms with Crippen LogP contribution in [0.5, 0.6) is 0 Å². The van der Waals surface area contributed by atoms with Crippen LogP contribution in [-0.4, -0.2) is 33.6 Å². The van der Waals surface area contributed by atoms with Crippen LogP contribution in [0.3, 0.4) is 0 Å². The van der Waals surface area contributed by atoms with Gasteiger partial charge in [-0.15, -0.1) is 0 Å². The van der Waals surface area contributed by atoms with Crippen molar-refractivity contribution in [3.05, 3.63) is 47.8 Å². The average Bonchev–Trinajstić information content (AvgIpc) is 2.48. The highest BCUT2D eigenvalue weighted by Crippen LogP contribution is 2.27. The summed E-state index contributed by atoms with van der Waals surface area (Å²) in [4.78, 5) is 30.7. The van der Waals surface area contributed by atoms with Gasteiger partial charge in [0.15, 0.2) is 0 Å². The summed E-state index contributed by atoms with van der Waals surface area (Å²) in [6.45, 7) is 2.02. The summed E-state index contributed by atoms with van der Waals surface area (Å²) in [6, 6.07) is 6.24. The molecule has 0 spiro atoms. The van der Waals surface area contributed by atoms with Gasteiger partial charge in [-0.2, -0.15) is 0 Å². The van der Waals surface area contributed by atoms with E-state index in [1.54, 1.807) is 25.1 Å². The van der Waals surface area contributed by atoms with Crippen LogP contribution in [0.2, 0.25) is 0 Å². The highest BCUT2D eigenvalue weighted by Gasteiger charge is 2.13. The zero-order valence-corrected chi connectivity index (χ0v) is 12.0. The molecule has 2 aromatic heterocycles. The maximum atomic E-state index is 11.5. The Bertz CT molecular complexity index is 658. The van der Waals surface area contributed by atoms with Gasteiger partial charge in [-0.3, -0.25) is 0 Å². The molecule has 0 atom stereocenters. The Labute approximate surface area is 125 Å². The van der Waals surface area contributed by atoms with Gasteiger partial charge in [0.2, 0.25) is 0 Å². The Kier molecular flexibility index (Phi) is 4.89. The van der Waals surface area contributed by atoms with Gasteiger partial charge in [0.25, 0.3) is 0 Å². The summed E-state index contributed by atoms with van der Waals surface area (Å²) in [5.74, 6) is -1.49. The fourth-order valence-corrected chi connectivity index (χ4v) is 2.33. The molecular formula is C14H12N2O4S. The molecule has 2 heterocycles. The summed E-state index contributed by atoms with van der Waals surface area (Å²) in [6.07, 6.45) is 2.91. The predicted molar refractivity (Wildman–Crippen MR) is 75.5 cm³/mol. The average molecular weight is 304 g/mol. The number of aromatic carboxylic acids is 1. The summed E-state index contributed by atoms with van der Waals surface area (Å²) < 4.78 is 4.86. The minimum atomic E-state index is -1.05. The first-order chi connectivity index (χ1) is 10.1. The third-order valence-electron chi connectivity index (χ3n) is 2.45. The van der Waals surface area contributed by atoms with Gasteiger partial charge in [0.1, 0.15) is 10.1 Å². The number of hydrogen-bond acceptors (Lipinski definition) is 6. The molecule has 7 heteroatoms. The molecule has 2 aromatic rings. The molecule has 0 amide bonds. The Hall–Kier alpha value is -2.41. The molecule has 1 N–H and O–H groups in total. The van der Waals surface area contributed by atoms with Gasteiger partial charge < -0.3 is 9.84 Å². The summed E-state index contributed by atoms with van der Waals surface area (Å²) in [5, 5.41) is 9.98. The van der Waals surface area contributed by atoms with Crippen molar-refractivity contribution in [3.8, 4) is 0 Å². The Morgan fingerprint density at radius 1 is 1.29 bits per heavy atom. The topological polar surface area (TPSA) is 89.4 Å². The highest BCUT2D eigenvalue weighted by molar-refractivity contribution is 7.99. The Morgan fingerprint density at radius 2 is 2.10 bits per heavy atom. The van der Waals surface area contributed by atoms with Crippen LogP contribution in [0.1, 0.15) is 27.6 Å². The molecule has 6 nitrogen and oxygen atoms in total. The van der Waals surface area contributed by atoms with Crippen molar-refractivity contribution in [2.75, 3.05) is 6.61 Å². The van der Waals surface area contributed by atoms with E-state index in [9.17, 15) is 9.59 Å². The number of carboxylic acid groups (broad SMARTS) is 1. The second kappa shape index (κ2) is 6.85. The second-order valence-electron chi connectivity index (χ2n) is 3.87. The van der Waals surface area contributed by atoms with Gasteiger partial charge in [0.05, 0.1) is 17.7 Å². The monoisotopic (exact) mass is 304 g/mol. The molecule has 21 heavy (non-hydrogen) atoms. The number of nitrogens with zero attached hydrogens (tertiary/aromatic N) is 2.